The molecule has 3 saturated carbocycles. The first-order chi connectivity index (χ1) is 11.9. The number of carbonyl (C=O) groups excluding carboxylic acids is 1. The molecule has 4 aliphatic carbocycles. The van der Waals surface area contributed by atoms with E-state index >= 15 is 0 Å². The van der Waals surface area contributed by atoms with Crippen molar-refractivity contribution < 1.29 is 14.3 Å². The van der Waals surface area contributed by atoms with Crippen LogP contribution in [0, 0.1) is 34.5 Å². The summed E-state index contributed by atoms with van der Waals surface area (Å²) in [6.07, 6.45) is 11.5. The summed E-state index contributed by atoms with van der Waals surface area (Å²) in [6.45, 7) is 5.53. The minimum absolute atomic E-state index is 0.278. The van der Waals surface area contributed by atoms with E-state index in [1.54, 1.807) is 0 Å². The monoisotopic (exact) mass is 344 g/mol. The minimum atomic E-state index is -0.373. The van der Waals surface area contributed by atoms with Gasteiger partial charge in [-0.1, -0.05) is 12.5 Å². The number of ketones is 1. The lowest BCUT2D eigenvalue weighted by Gasteiger charge is -2.57. The first-order valence-corrected chi connectivity index (χ1v) is 10.4. The van der Waals surface area contributed by atoms with Crippen molar-refractivity contribution in [3.8, 4) is 0 Å². The summed E-state index contributed by atoms with van der Waals surface area (Å²) >= 11 is 0. The first-order valence-electron chi connectivity index (χ1n) is 10.4. The number of rotatable bonds is 1. The van der Waals surface area contributed by atoms with E-state index in [1.165, 1.54) is 37.7 Å². The fourth-order valence-corrected chi connectivity index (χ4v) is 8.01. The van der Waals surface area contributed by atoms with Crippen molar-refractivity contribution >= 4 is 5.78 Å². The van der Waals surface area contributed by atoms with Gasteiger partial charge in [-0.3, -0.25) is 4.79 Å². The highest BCUT2D eigenvalue weighted by molar-refractivity contribution is 5.91. The van der Waals surface area contributed by atoms with Crippen LogP contribution < -0.4 is 0 Å². The Labute approximate surface area is 151 Å². The van der Waals surface area contributed by atoms with Crippen molar-refractivity contribution in [3.63, 3.8) is 0 Å². The maximum Gasteiger partial charge on any atom is 0.168 e. The normalized spacial score (nSPS) is 54.4. The van der Waals surface area contributed by atoms with Crippen molar-refractivity contribution in [2.75, 3.05) is 13.7 Å². The van der Waals surface area contributed by atoms with Gasteiger partial charge in [0.2, 0.25) is 0 Å². The van der Waals surface area contributed by atoms with Crippen molar-refractivity contribution in [3.05, 3.63) is 11.6 Å². The van der Waals surface area contributed by atoms with Crippen LogP contribution in [-0.4, -0.2) is 25.3 Å². The fraction of sp³-hybridized carbons (Fsp3) is 0.864. The molecule has 25 heavy (non-hydrogen) atoms. The summed E-state index contributed by atoms with van der Waals surface area (Å²) in [5, 5.41) is 0. The zero-order valence-electron chi connectivity index (χ0n) is 16.0. The van der Waals surface area contributed by atoms with Crippen molar-refractivity contribution in [2.45, 2.75) is 71.0 Å². The molecule has 0 radical (unpaired) electrons. The molecule has 1 saturated heterocycles. The Balaban J connectivity index is 1.49. The maximum absolute atomic E-state index is 11.9. The van der Waals surface area contributed by atoms with Gasteiger partial charge >= 0.3 is 0 Å². The Kier molecular flexibility index (Phi) is 3.43. The fourth-order valence-electron chi connectivity index (χ4n) is 8.01. The number of methoxy groups -OCH3 is 1. The molecular formula is C22H32O3. The lowest BCUT2D eigenvalue weighted by atomic mass is 9.46. The van der Waals surface area contributed by atoms with Crippen molar-refractivity contribution in [1.82, 2.24) is 0 Å². The predicted molar refractivity (Wildman–Crippen MR) is 95.9 cm³/mol. The largest absolute Gasteiger partial charge is 0.353 e. The van der Waals surface area contributed by atoms with E-state index in [2.05, 4.69) is 13.8 Å². The Hall–Kier alpha value is -0.670. The predicted octanol–water partition coefficient (Wildman–Crippen LogP) is 4.51. The molecule has 7 atom stereocenters. The van der Waals surface area contributed by atoms with Gasteiger partial charge in [-0.05, 0) is 81.1 Å². The van der Waals surface area contributed by atoms with Gasteiger partial charge in [-0.2, -0.15) is 0 Å². The zero-order chi connectivity index (χ0) is 17.4. The van der Waals surface area contributed by atoms with E-state index in [-0.39, 0.29) is 11.2 Å². The topological polar surface area (TPSA) is 35.5 Å². The van der Waals surface area contributed by atoms with Gasteiger partial charge in [0.05, 0.1) is 6.61 Å². The molecule has 3 nitrogen and oxygen atoms in total. The van der Waals surface area contributed by atoms with Crippen LogP contribution in [0.25, 0.3) is 0 Å². The van der Waals surface area contributed by atoms with E-state index in [9.17, 15) is 4.79 Å². The van der Waals surface area contributed by atoms with E-state index in [4.69, 9.17) is 9.47 Å². The highest BCUT2D eigenvalue weighted by atomic mass is 16.7. The molecule has 3 heteroatoms. The van der Waals surface area contributed by atoms with Crippen LogP contribution in [0.4, 0.5) is 0 Å². The number of carbonyl (C=O) groups is 1. The molecule has 0 aromatic carbocycles. The third kappa shape index (κ3) is 1.97. The van der Waals surface area contributed by atoms with Gasteiger partial charge in [-0.15, -0.1) is 0 Å². The van der Waals surface area contributed by atoms with Gasteiger partial charge in [-0.25, -0.2) is 0 Å². The smallest absolute Gasteiger partial charge is 0.168 e. The third-order valence-electron chi connectivity index (χ3n) is 9.34. The second-order valence-electron chi connectivity index (χ2n) is 9.88. The molecule has 1 aliphatic heterocycles. The molecule has 1 unspecified atom stereocenters. The van der Waals surface area contributed by atoms with Gasteiger partial charge in [0.15, 0.2) is 11.6 Å². The Morgan fingerprint density at radius 2 is 1.92 bits per heavy atom. The molecule has 1 spiro atoms. The third-order valence-corrected chi connectivity index (χ3v) is 9.34. The number of hydrogen-bond donors (Lipinski definition) is 0. The lowest BCUT2D eigenvalue weighted by Crippen LogP contribution is -2.52. The van der Waals surface area contributed by atoms with Crippen LogP contribution in [0.3, 0.4) is 0 Å². The molecule has 1 heterocycles. The van der Waals surface area contributed by atoms with E-state index < -0.39 is 0 Å². The van der Waals surface area contributed by atoms with Crippen molar-refractivity contribution in [1.29, 1.82) is 0 Å². The second-order valence-corrected chi connectivity index (χ2v) is 9.88. The average molecular weight is 344 g/mol. The van der Waals surface area contributed by atoms with E-state index in [0.29, 0.717) is 17.1 Å². The molecule has 0 bridgehead atoms. The first kappa shape index (κ1) is 16.5. The van der Waals surface area contributed by atoms with Gasteiger partial charge in [0.25, 0.3) is 0 Å². The Morgan fingerprint density at radius 3 is 2.72 bits per heavy atom. The Bertz CT molecular complexity index is 639. The van der Waals surface area contributed by atoms with Crippen LogP contribution in [0.15, 0.2) is 11.6 Å². The second kappa shape index (κ2) is 5.19. The minimum Gasteiger partial charge on any atom is -0.353 e. The summed E-state index contributed by atoms with van der Waals surface area (Å²) in [7, 11) is 1.82. The van der Waals surface area contributed by atoms with Crippen LogP contribution in [0.5, 0.6) is 0 Å². The van der Waals surface area contributed by atoms with Crippen molar-refractivity contribution in [2.24, 2.45) is 34.5 Å². The molecular weight excluding hydrogens is 312 g/mol. The standard InChI is InChI=1S/C22H32O3/c1-20-10-8-15(23)12-14(20)4-5-16-17(20)9-11-22-13-25-21(2,24-3)19(22)7-6-18(16)22/h12,16-19H,4-11,13H2,1-3H3/t16-,17+,18+,19-,20+,21?,22-/m1/s1. The highest BCUT2D eigenvalue weighted by Crippen LogP contribution is 2.70. The number of ether oxygens (including phenoxy) is 2. The molecule has 138 valence electrons. The molecule has 5 rings (SSSR count). The number of hydrogen-bond acceptors (Lipinski definition) is 3. The van der Waals surface area contributed by atoms with Crippen LogP contribution >= 0.6 is 0 Å². The van der Waals surface area contributed by atoms with Crippen LogP contribution in [-0.2, 0) is 14.3 Å². The summed E-state index contributed by atoms with van der Waals surface area (Å²) in [5.41, 5.74) is 2.11. The maximum atomic E-state index is 11.9. The molecule has 0 amide bonds. The number of fused-ring (bicyclic) bond motifs is 4. The molecule has 0 aromatic heterocycles. The average Bonchev–Trinajstić information content (AvgIpc) is 3.12. The van der Waals surface area contributed by atoms with Crippen LogP contribution in [0.2, 0.25) is 0 Å². The SMILES string of the molecule is COC1(C)OC[C@]23CC[C@H]4[C@@H](CCC5=CC(=O)CC[C@@]54C)[C@@H]2CC[C@H]13. The Morgan fingerprint density at radius 1 is 1.08 bits per heavy atom. The summed E-state index contributed by atoms with van der Waals surface area (Å²) in [4.78, 5) is 11.9. The van der Waals surface area contributed by atoms with E-state index in [0.717, 1.165) is 43.6 Å². The molecule has 5 aliphatic rings. The summed E-state index contributed by atoms with van der Waals surface area (Å²) in [5.74, 6) is 2.93. The van der Waals surface area contributed by atoms with Gasteiger partial charge in [0.1, 0.15) is 0 Å². The quantitative estimate of drug-likeness (QED) is 0.702. The molecule has 4 fully saturated rings. The zero-order valence-corrected chi connectivity index (χ0v) is 16.0. The van der Waals surface area contributed by atoms with Gasteiger partial charge < -0.3 is 9.47 Å². The summed E-state index contributed by atoms with van der Waals surface area (Å²) in [6, 6.07) is 0. The van der Waals surface area contributed by atoms with Gasteiger partial charge in [0, 0.05) is 24.9 Å². The number of allylic oxidation sites excluding steroid dienone is 1. The highest BCUT2D eigenvalue weighted by Gasteiger charge is 2.67. The molecule has 0 aromatic rings. The summed E-state index contributed by atoms with van der Waals surface area (Å²) < 4.78 is 12.1. The lowest BCUT2D eigenvalue weighted by molar-refractivity contribution is -0.202. The van der Waals surface area contributed by atoms with E-state index in [1.807, 2.05) is 13.2 Å². The molecule has 0 N–H and O–H groups in total. The van der Waals surface area contributed by atoms with Crippen LogP contribution in [0.1, 0.15) is 65.2 Å².